The number of hydrogen-bond acceptors (Lipinski definition) is 2. The van der Waals surface area contributed by atoms with Gasteiger partial charge in [-0.05, 0) is 23.1 Å². The summed E-state index contributed by atoms with van der Waals surface area (Å²) in [6.45, 7) is 0.534. The molecule has 6 heteroatoms. The van der Waals surface area contributed by atoms with Crippen molar-refractivity contribution in [2.75, 3.05) is 10.6 Å². The van der Waals surface area contributed by atoms with Crippen LogP contribution < -0.4 is 10.6 Å². The van der Waals surface area contributed by atoms with Crippen LogP contribution in [-0.2, 0) is 6.54 Å². The van der Waals surface area contributed by atoms with Crippen LogP contribution in [0.25, 0.3) is 10.8 Å². The first-order valence-corrected chi connectivity index (χ1v) is 8.89. The summed E-state index contributed by atoms with van der Waals surface area (Å²) in [4.78, 5) is 12.4. The number of benzene rings is 3. The van der Waals surface area contributed by atoms with Crippen molar-refractivity contribution in [2.24, 2.45) is 0 Å². The molecule has 27 heavy (non-hydrogen) atoms. The van der Waals surface area contributed by atoms with Crippen LogP contribution in [0.3, 0.4) is 0 Å². The van der Waals surface area contributed by atoms with Gasteiger partial charge in [0.05, 0.1) is 12.2 Å². The first kappa shape index (κ1) is 17.1. The van der Waals surface area contributed by atoms with Gasteiger partial charge in [-0.25, -0.2) is 4.79 Å². The fourth-order valence-electron chi connectivity index (χ4n) is 2.92. The van der Waals surface area contributed by atoms with E-state index in [1.54, 1.807) is 16.9 Å². The zero-order valence-electron chi connectivity index (χ0n) is 14.4. The van der Waals surface area contributed by atoms with Crippen LogP contribution in [0.5, 0.6) is 0 Å². The van der Waals surface area contributed by atoms with Crippen molar-refractivity contribution >= 4 is 39.9 Å². The minimum atomic E-state index is -0.339. The fourth-order valence-corrected chi connectivity index (χ4v) is 3.12. The fraction of sp³-hybridized carbons (Fsp3) is 0.0476. The lowest BCUT2D eigenvalue weighted by atomic mass is 10.1. The number of carbonyl (C=O) groups excluding carboxylic acids is 1. The van der Waals surface area contributed by atoms with E-state index in [1.807, 2.05) is 66.7 Å². The number of halogens is 1. The largest absolute Gasteiger partial charge is 0.324 e. The van der Waals surface area contributed by atoms with Gasteiger partial charge in [-0.2, -0.15) is 5.10 Å². The summed E-state index contributed by atoms with van der Waals surface area (Å²) < 4.78 is 1.73. The van der Waals surface area contributed by atoms with Gasteiger partial charge in [0.2, 0.25) is 0 Å². The molecule has 3 aromatic carbocycles. The highest BCUT2D eigenvalue weighted by atomic mass is 35.5. The zero-order chi connectivity index (χ0) is 18.6. The quantitative estimate of drug-likeness (QED) is 0.502. The first-order chi connectivity index (χ1) is 13.2. The molecule has 0 aliphatic rings. The Balaban J connectivity index is 1.44. The second-order valence-corrected chi connectivity index (χ2v) is 6.50. The molecular weight excluding hydrogens is 360 g/mol. The number of carbonyl (C=O) groups is 1. The highest BCUT2D eigenvalue weighted by Crippen LogP contribution is 2.23. The SMILES string of the molecule is O=C(Nc1ccn(Cc2ccccc2Cl)n1)Nc1cccc2ccccc12. The molecule has 0 spiro atoms. The topological polar surface area (TPSA) is 59.0 Å². The van der Waals surface area contributed by atoms with Crippen LogP contribution in [0, 0.1) is 0 Å². The predicted molar refractivity (Wildman–Crippen MR) is 109 cm³/mol. The number of nitrogens with zero attached hydrogens (tertiary/aromatic N) is 2. The Morgan fingerprint density at radius 1 is 0.926 bits per heavy atom. The second kappa shape index (κ2) is 7.51. The lowest BCUT2D eigenvalue weighted by Gasteiger charge is -2.09. The van der Waals surface area contributed by atoms with Gasteiger partial charge >= 0.3 is 6.03 Å². The normalized spacial score (nSPS) is 10.7. The number of aromatic nitrogens is 2. The van der Waals surface area contributed by atoms with Gasteiger partial charge < -0.3 is 5.32 Å². The second-order valence-electron chi connectivity index (χ2n) is 6.10. The van der Waals surface area contributed by atoms with E-state index in [0.29, 0.717) is 17.4 Å². The van der Waals surface area contributed by atoms with Crippen LogP contribution in [-0.4, -0.2) is 15.8 Å². The molecule has 0 atom stereocenters. The molecule has 0 unspecified atom stereocenters. The maximum Gasteiger partial charge on any atom is 0.324 e. The average Bonchev–Trinajstić information content (AvgIpc) is 3.11. The third kappa shape index (κ3) is 3.93. The van der Waals surface area contributed by atoms with Crippen LogP contribution in [0.4, 0.5) is 16.3 Å². The summed E-state index contributed by atoms with van der Waals surface area (Å²) in [5.74, 6) is 0.472. The van der Waals surface area contributed by atoms with E-state index >= 15 is 0 Å². The molecule has 0 fully saturated rings. The highest BCUT2D eigenvalue weighted by Gasteiger charge is 2.08. The number of rotatable bonds is 4. The van der Waals surface area contributed by atoms with Gasteiger partial charge in [-0.1, -0.05) is 66.2 Å². The molecule has 0 aliphatic heterocycles. The van der Waals surface area contributed by atoms with E-state index in [1.165, 1.54) is 0 Å². The maximum absolute atomic E-state index is 12.4. The van der Waals surface area contributed by atoms with Crippen molar-refractivity contribution in [2.45, 2.75) is 6.54 Å². The molecule has 0 radical (unpaired) electrons. The predicted octanol–water partition coefficient (Wildman–Crippen LogP) is 5.38. The van der Waals surface area contributed by atoms with Crippen molar-refractivity contribution in [3.05, 3.63) is 89.6 Å². The Kier molecular flexibility index (Phi) is 4.77. The minimum Gasteiger partial charge on any atom is -0.307 e. The number of nitrogens with one attached hydrogen (secondary N) is 2. The number of hydrogen-bond donors (Lipinski definition) is 2. The molecule has 0 saturated carbocycles. The summed E-state index contributed by atoms with van der Waals surface area (Å²) in [5.41, 5.74) is 1.72. The Morgan fingerprint density at radius 3 is 2.59 bits per heavy atom. The zero-order valence-corrected chi connectivity index (χ0v) is 15.1. The van der Waals surface area contributed by atoms with Crippen LogP contribution in [0.1, 0.15) is 5.56 Å². The van der Waals surface area contributed by atoms with Crippen molar-refractivity contribution in [1.82, 2.24) is 9.78 Å². The van der Waals surface area contributed by atoms with E-state index in [4.69, 9.17) is 11.6 Å². The summed E-state index contributed by atoms with van der Waals surface area (Å²) in [6, 6.07) is 22.7. The molecule has 0 aliphatic carbocycles. The molecule has 0 bridgehead atoms. The monoisotopic (exact) mass is 376 g/mol. The van der Waals surface area contributed by atoms with E-state index in [9.17, 15) is 4.79 Å². The molecule has 134 valence electrons. The minimum absolute atomic E-state index is 0.339. The molecule has 4 aromatic rings. The summed E-state index contributed by atoms with van der Waals surface area (Å²) in [6.07, 6.45) is 1.80. The number of fused-ring (bicyclic) bond motifs is 1. The van der Waals surface area contributed by atoms with Crippen molar-refractivity contribution in [3.63, 3.8) is 0 Å². The van der Waals surface area contributed by atoms with Crippen LogP contribution >= 0.6 is 11.6 Å². The highest BCUT2D eigenvalue weighted by molar-refractivity contribution is 6.31. The van der Waals surface area contributed by atoms with Gasteiger partial charge in [0.1, 0.15) is 0 Å². The summed E-state index contributed by atoms with van der Waals surface area (Å²) in [7, 11) is 0. The summed E-state index contributed by atoms with van der Waals surface area (Å²) in [5, 5.41) is 12.8. The maximum atomic E-state index is 12.4. The average molecular weight is 377 g/mol. The third-order valence-corrected chi connectivity index (χ3v) is 4.58. The first-order valence-electron chi connectivity index (χ1n) is 8.52. The van der Waals surface area contributed by atoms with Crippen molar-refractivity contribution < 1.29 is 4.79 Å². The molecule has 0 saturated heterocycles. The molecular formula is C21H17ClN4O. The standard InChI is InChI=1S/C21H17ClN4O/c22-18-10-4-2-7-16(18)14-26-13-12-20(25-26)24-21(27)23-19-11-5-8-15-6-1-3-9-17(15)19/h1-13H,14H2,(H2,23,24,25,27). The smallest absolute Gasteiger partial charge is 0.307 e. The van der Waals surface area contributed by atoms with Gasteiger partial charge in [0.15, 0.2) is 5.82 Å². The van der Waals surface area contributed by atoms with E-state index in [-0.39, 0.29) is 6.03 Å². The molecule has 5 nitrogen and oxygen atoms in total. The van der Waals surface area contributed by atoms with Crippen molar-refractivity contribution in [3.8, 4) is 0 Å². The Bertz CT molecular complexity index is 1100. The molecule has 1 aromatic heterocycles. The summed E-state index contributed by atoms with van der Waals surface area (Å²) >= 11 is 6.18. The number of amides is 2. The van der Waals surface area contributed by atoms with Crippen LogP contribution in [0.15, 0.2) is 79.0 Å². The van der Waals surface area contributed by atoms with E-state index < -0.39 is 0 Å². The molecule has 2 N–H and O–H groups in total. The Labute approximate surface area is 161 Å². The molecule has 4 rings (SSSR count). The number of urea groups is 1. The lowest BCUT2D eigenvalue weighted by Crippen LogP contribution is -2.20. The van der Waals surface area contributed by atoms with E-state index in [0.717, 1.165) is 22.0 Å². The van der Waals surface area contributed by atoms with Gasteiger partial charge in [0.25, 0.3) is 0 Å². The van der Waals surface area contributed by atoms with Gasteiger partial charge in [-0.3, -0.25) is 10.00 Å². The molecule has 1 heterocycles. The molecule has 2 amide bonds. The van der Waals surface area contributed by atoms with Crippen molar-refractivity contribution in [1.29, 1.82) is 0 Å². The van der Waals surface area contributed by atoms with Gasteiger partial charge in [-0.15, -0.1) is 0 Å². The third-order valence-electron chi connectivity index (χ3n) is 4.21. The number of anilines is 2. The van der Waals surface area contributed by atoms with E-state index in [2.05, 4.69) is 15.7 Å². The Morgan fingerprint density at radius 2 is 1.70 bits per heavy atom. The van der Waals surface area contributed by atoms with Crippen LogP contribution in [0.2, 0.25) is 5.02 Å². The van der Waals surface area contributed by atoms with Gasteiger partial charge in [0, 0.05) is 22.7 Å². The Hall–Kier alpha value is -3.31. The lowest BCUT2D eigenvalue weighted by molar-refractivity contribution is 0.262.